The van der Waals surface area contributed by atoms with E-state index in [9.17, 15) is 9.18 Å². The van der Waals surface area contributed by atoms with Crippen molar-refractivity contribution in [1.29, 1.82) is 0 Å². The van der Waals surface area contributed by atoms with Gasteiger partial charge in [-0.15, -0.1) is 0 Å². The summed E-state index contributed by atoms with van der Waals surface area (Å²) in [6.07, 6.45) is 4.55. The van der Waals surface area contributed by atoms with Crippen molar-refractivity contribution in [1.82, 2.24) is 15.3 Å². The number of amides is 1. The van der Waals surface area contributed by atoms with Crippen LogP contribution >= 0.6 is 0 Å². The number of hydrogen-bond acceptors (Lipinski definition) is 5. The van der Waals surface area contributed by atoms with Gasteiger partial charge in [-0.2, -0.15) is 0 Å². The lowest BCUT2D eigenvalue weighted by atomic mass is 10.1. The minimum absolute atomic E-state index is 0.0411. The van der Waals surface area contributed by atoms with E-state index in [-0.39, 0.29) is 30.4 Å². The normalized spacial score (nSPS) is 20.4. The molecule has 1 aliphatic rings. The summed E-state index contributed by atoms with van der Waals surface area (Å²) in [5, 5.41) is 3.12. The van der Waals surface area contributed by atoms with Crippen molar-refractivity contribution in [3.8, 4) is 5.88 Å². The maximum Gasteiger partial charge on any atom is 0.234 e. The van der Waals surface area contributed by atoms with Crippen molar-refractivity contribution in [3.63, 3.8) is 0 Å². The van der Waals surface area contributed by atoms with E-state index in [0.29, 0.717) is 17.9 Å². The molecular formula is C16H17FN4O2. The predicted molar refractivity (Wildman–Crippen MR) is 80.9 cm³/mol. The molecule has 1 fully saturated rings. The van der Waals surface area contributed by atoms with E-state index in [1.54, 1.807) is 24.4 Å². The summed E-state index contributed by atoms with van der Waals surface area (Å²) < 4.78 is 18.9. The lowest BCUT2D eigenvalue weighted by Gasteiger charge is -2.12. The summed E-state index contributed by atoms with van der Waals surface area (Å²) in [5.74, 6) is -0.350. The highest BCUT2D eigenvalue weighted by Crippen LogP contribution is 2.25. The van der Waals surface area contributed by atoms with Crippen LogP contribution in [0.2, 0.25) is 0 Å². The largest absolute Gasteiger partial charge is 0.472 e. The average Bonchev–Trinajstić information content (AvgIpc) is 3.05. The van der Waals surface area contributed by atoms with Crippen LogP contribution in [0.15, 0.2) is 36.7 Å². The first kappa shape index (κ1) is 15.4. The zero-order valence-corrected chi connectivity index (χ0v) is 12.4. The number of nitrogens with two attached hydrogens (primary N) is 1. The van der Waals surface area contributed by atoms with Crippen LogP contribution in [0.5, 0.6) is 5.88 Å². The van der Waals surface area contributed by atoms with Crippen LogP contribution in [0.3, 0.4) is 0 Å². The van der Waals surface area contributed by atoms with Gasteiger partial charge in [-0.3, -0.25) is 15.1 Å². The summed E-state index contributed by atoms with van der Waals surface area (Å²) in [6.45, 7) is 0.0894. The lowest BCUT2D eigenvalue weighted by molar-refractivity contribution is -0.119. The minimum Gasteiger partial charge on any atom is -0.472 e. The number of nitrogens with one attached hydrogen (secondary N) is 1. The van der Waals surface area contributed by atoms with Gasteiger partial charge in [-0.1, -0.05) is 18.2 Å². The highest BCUT2D eigenvalue weighted by atomic mass is 19.1. The highest BCUT2D eigenvalue weighted by Gasteiger charge is 2.29. The Morgan fingerprint density at radius 3 is 2.78 bits per heavy atom. The van der Waals surface area contributed by atoms with Crippen molar-refractivity contribution < 1.29 is 13.9 Å². The van der Waals surface area contributed by atoms with Gasteiger partial charge in [0.05, 0.1) is 30.2 Å². The molecule has 6 nitrogen and oxygen atoms in total. The Kier molecular flexibility index (Phi) is 4.47. The van der Waals surface area contributed by atoms with E-state index < -0.39 is 0 Å². The zero-order chi connectivity index (χ0) is 16.2. The number of aromatic nitrogens is 2. The van der Waals surface area contributed by atoms with E-state index in [4.69, 9.17) is 10.5 Å². The Hall–Kier alpha value is -2.54. The number of primary amides is 1. The van der Waals surface area contributed by atoms with Crippen molar-refractivity contribution in [2.45, 2.75) is 31.5 Å². The molecule has 1 amide bonds. The van der Waals surface area contributed by atoms with Crippen LogP contribution in [0.4, 0.5) is 4.39 Å². The second-order valence-electron chi connectivity index (χ2n) is 5.41. The summed E-state index contributed by atoms with van der Waals surface area (Å²) in [7, 11) is 0. The van der Waals surface area contributed by atoms with Gasteiger partial charge in [0.15, 0.2) is 0 Å². The number of nitrogens with zero attached hydrogens (tertiary/aromatic N) is 2. The van der Waals surface area contributed by atoms with Gasteiger partial charge >= 0.3 is 0 Å². The van der Waals surface area contributed by atoms with Gasteiger partial charge in [-0.25, -0.2) is 9.37 Å². The molecule has 1 aliphatic heterocycles. The molecule has 0 radical (unpaired) electrons. The quantitative estimate of drug-likeness (QED) is 0.872. The van der Waals surface area contributed by atoms with E-state index >= 15 is 0 Å². The van der Waals surface area contributed by atoms with Gasteiger partial charge in [0.2, 0.25) is 11.8 Å². The number of ether oxygens (including phenoxy) is 1. The van der Waals surface area contributed by atoms with Crippen molar-refractivity contribution in [2.24, 2.45) is 5.73 Å². The Balaban J connectivity index is 1.59. The highest BCUT2D eigenvalue weighted by molar-refractivity contribution is 5.80. The first-order chi connectivity index (χ1) is 11.1. The standard InChI is InChI=1S/C16H17FN4O2/c17-11-4-2-1-3-10(11)9-23-15-8-19-14(7-20-15)12-5-6-13(21-12)16(18)22/h1-4,7-8,12-13,21H,5-6,9H2,(H2,18,22). The van der Waals surface area contributed by atoms with Gasteiger partial charge < -0.3 is 10.5 Å². The molecule has 3 N–H and O–H groups in total. The maximum atomic E-state index is 13.5. The van der Waals surface area contributed by atoms with Gasteiger partial charge in [0.1, 0.15) is 12.4 Å². The van der Waals surface area contributed by atoms with Crippen LogP contribution in [0, 0.1) is 5.82 Å². The second kappa shape index (κ2) is 6.70. The molecule has 0 spiro atoms. The molecule has 2 heterocycles. The Morgan fingerprint density at radius 1 is 1.30 bits per heavy atom. The molecule has 2 atom stereocenters. The minimum atomic E-state index is -0.356. The van der Waals surface area contributed by atoms with Crippen LogP contribution in [0.25, 0.3) is 0 Å². The van der Waals surface area contributed by atoms with Crippen LogP contribution in [-0.2, 0) is 11.4 Å². The molecule has 120 valence electrons. The van der Waals surface area contributed by atoms with Gasteiger partial charge in [0.25, 0.3) is 0 Å². The van der Waals surface area contributed by atoms with Crippen LogP contribution < -0.4 is 15.8 Å². The van der Waals surface area contributed by atoms with Gasteiger partial charge in [-0.05, 0) is 18.9 Å². The third-order valence-electron chi connectivity index (χ3n) is 3.83. The molecule has 1 saturated heterocycles. The van der Waals surface area contributed by atoms with Crippen molar-refractivity contribution in [3.05, 3.63) is 53.7 Å². The van der Waals surface area contributed by atoms with Crippen molar-refractivity contribution in [2.75, 3.05) is 0 Å². The number of halogens is 1. The Labute approximate surface area is 132 Å². The molecule has 23 heavy (non-hydrogen) atoms. The first-order valence-electron chi connectivity index (χ1n) is 7.37. The summed E-state index contributed by atoms with van der Waals surface area (Å²) in [6, 6.07) is 6.05. The number of carbonyl (C=O) groups is 1. The lowest BCUT2D eigenvalue weighted by Crippen LogP contribution is -2.37. The molecular weight excluding hydrogens is 299 g/mol. The van der Waals surface area contributed by atoms with E-state index in [1.165, 1.54) is 12.3 Å². The molecule has 2 aromatic rings. The number of carbonyl (C=O) groups excluding carboxylic acids is 1. The molecule has 7 heteroatoms. The second-order valence-corrected chi connectivity index (χ2v) is 5.41. The zero-order valence-electron chi connectivity index (χ0n) is 12.4. The van der Waals surface area contributed by atoms with Crippen LogP contribution in [-0.4, -0.2) is 21.9 Å². The average molecular weight is 316 g/mol. The smallest absolute Gasteiger partial charge is 0.234 e. The Bertz CT molecular complexity index is 693. The summed E-state index contributed by atoms with van der Waals surface area (Å²) in [4.78, 5) is 19.6. The predicted octanol–water partition coefficient (Wildman–Crippen LogP) is 1.47. The maximum absolute atomic E-state index is 13.5. The molecule has 1 aromatic heterocycles. The SMILES string of the molecule is NC(=O)C1CCC(c2cnc(OCc3ccccc3F)cn2)N1. The molecule has 0 saturated carbocycles. The third-order valence-corrected chi connectivity index (χ3v) is 3.83. The van der Waals surface area contributed by atoms with Crippen molar-refractivity contribution >= 4 is 5.91 Å². The van der Waals surface area contributed by atoms with Gasteiger partial charge in [0, 0.05) is 5.56 Å². The molecule has 2 unspecified atom stereocenters. The summed E-state index contributed by atoms with van der Waals surface area (Å²) in [5.41, 5.74) is 6.47. The molecule has 3 rings (SSSR count). The monoisotopic (exact) mass is 316 g/mol. The molecule has 0 bridgehead atoms. The number of rotatable bonds is 5. The number of hydrogen-bond donors (Lipinski definition) is 2. The number of benzene rings is 1. The summed E-state index contributed by atoms with van der Waals surface area (Å²) >= 11 is 0. The fourth-order valence-electron chi connectivity index (χ4n) is 2.55. The topological polar surface area (TPSA) is 90.1 Å². The van der Waals surface area contributed by atoms with E-state index in [1.807, 2.05) is 0 Å². The molecule has 1 aromatic carbocycles. The van der Waals surface area contributed by atoms with E-state index in [2.05, 4.69) is 15.3 Å². The fraction of sp³-hybridized carbons (Fsp3) is 0.312. The third kappa shape index (κ3) is 3.62. The molecule has 0 aliphatic carbocycles. The Morgan fingerprint density at radius 2 is 2.13 bits per heavy atom. The van der Waals surface area contributed by atoms with Crippen LogP contribution in [0.1, 0.15) is 30.1 Å². The van der Waals surface area contributed by atoms with E-state index in [0.717, 1.165) is 12.1 Å². The fourth-order valence-corrected chi connectivity index (χ4v) is 2.55. The first-order valence-corrected chi connectivity index (χ1v) is 7.37.